The lowest BCUT2D eigenvalue weighted by Gasteiger charge is -2.26. The van der Waals surface area contributed by atoms with Crippen molar-refractivity contribution in [3.05, 3.63) is 66.2 Å². The van der Waals surface area contributed by atoms with Gasteiger partial charge in [-0.25, -0.2) is 15.0 Å². The van der Waals surface area contributed by atoms with Gasteiger partial charge < -0.3 is 15.4 Å². The number of nitriles is 1. The van der Waals surface area contributed by atoms with Gasteiger partial charge in [-0.05, 0) is 24.3 Å². The van der Waals surface area contributed by atoms with E-state index in [1.165, 1.54) is 0 Å². The largest absolute Gasteiger partial charge is 0.379 e. The van der Waals surface area contributed by atoms with Crippen LogP contribution >= 0.6 is 0 Å². The Bertz CT molecular complexity index is 1400. The highest BCUT2D eigenvalue weighted by Gasteiger charge is 2.19. The Labute approximate surface area is 208 Å². The molecule has 1 aromatic carbocycles. The van der Waals surface area contributed by atoms with E-state index in [2.05, 4.69) is 31.6 Å². The number of hydrogen-bond acceptors (Lipinski definition) is 8. The van der Waals surface area contributed by atoms with E-state index in [0.29, 0.717) is 16.9 Å². The standard InChI is InChI=1S/C26H26N8O2/c1-28-26(35)21-17-34-23(16-30-21)32-24(19-4-2-18(14-27)3-5-19)25(34)20-6-7-22(31-15-20)29-8-9-33-10-12-36-13-11-33/h2-7,15-17H,8-13H2,1H3,(H,28,35)(H,29,31). The zero-order chi connectivity index (χ0) is 24.9. The van der Waals surface area contributed by atoms with Crippen LogP contribution in [0.4, 0.5) is 5.82 Å². The highest BCUT2D eigenvalue weighted by atomic mass is 16.5. The SMILES string of the molecule is CNC(=O)c1cn2c(-c3ccc(NCCN4CCOCC4)nc3)c(-c3ccc(C#N)cc3)nc2cn1. The number of ether oxygens (including phenoxy) is 1. The van der Waals surface area contributed by atoms with Gasteiger partial charge in [0.25, 0.3) is 5.91 Å². The summed E-state index contributed by atoms with van der Waals surface area (Å²) in [5.41, 5.74) is 4.65. The van der Waals surface area contributed by atoms with Gasteiger partial charge in [0.2, 0.25) is 0 Å². The molecule has 0 spiro atoms. The third-order valence-electron chi connectivity index (χ3n) is 6.13. The third kappa shape index (κ3) is 4.88. The summed E-state index contributed by atoms with van der Waals surface area (Å²) in [6.45, 7) is 5.19. The number of anilines is 1. The molecule has 1 aliphatic heterocycles. The van der Waals surface area contributed by atoms with E-state index in [-0.39, 0.29) is 11.6 Å². The van der Waals surface area contributed by atoms with Gasteiger partial charge in [0, 0.05) is 56.7 Å². The van der Waals surface area contributed by atoms with Crippen LogP contribution in [0.2, 0.25) is 0 Å². The molecular formula is C26H26N8O2. The summed E-state index contributed by atoms with van der Waals surface area (Å²) in [4.78, 5) is 28.3. The minimum atomic E-state index is -0.283. The van der Waals surface area contributed by atoms with E-state index in [9.17, 15) is 10.1 Å². The Hall–Kier alpha value is -4.33. The van der Waals surface area contributed by atoms with Gasteiger partial charge in [-0.1, -0.05) is 12.1 Å². The van der Waals surface area contributed by atoms with Crippen LogP contribution in [0.15, 0.2) is 55.0 Å². The predicted molar refractivity (Wildman–Crippen MR) is 136 cm³/mol. The molecule has 1 fully saturated rings. The number of morpholine rings is 1. The van der Waals surface area contributed by atoms with Crippen LogP contribution < -0.4 is 10.6 Å². The highest BCUT2D eigenvalue weighted by molar-refractivity contribution is 5.92. The molecule has 2 N–H and O–H groups in total. The Morgan fingerprint density at radius 3 is 2.56 bits per heavy atom. The first kappa shape index (κ1) is 23.4. The zero-order valence-corrected chi connectivity index (χ0v) is 19.9. The topological polar surface area (TPSA) is 120 Å². The first-order valence-corrected chi connectivity index (χ1v) is 11.8. The van der Waals surface area contributed by atoms with E-state index >= 15 is 0 Å². The van der Waals surface area contributed by atoms with Gasteiger partial charge in [0.1, 0.15) is 11.5 Å². The monoisotopic (exact) mass is 482 g/mol. The number of nitrogens with one attached hydrogen (secondary N) is 2. The number of nitrogens with zero attached hydrogens (tertiary/aromatic N) is 6. The molecule has 0 aliphatic carbocycles. The fraction of sp³-hybridized carbons (Fsp3) is 0.269. The van der Waals surface area contributed by atoms with Crippen molar-refractivity contribution in [1.29, 1.82) is 5.26 Å². The Morgan fingerprint density at radius 1 is 1.08 bits per heavy atom. The molecule has 0 radical (unpaired) electrons. The number of fused-ring (bicyclic) bond motifs is 1. The molecule has 1 aliphatic rings. The van der Waals surface area contributed by atoms with Crippen LogP contribution in [0.5, 0.6) is 0 Å². The third-order valence-corrected chi connectivity index (χ3v) is 6.13. The van der Waals surface area contributed by atoms with Crippen molar-refractivity contribution in [3.63, 3.8) is 0 Å². The number of carbonyl (C=O) groups excluding carboxylic acids is 1. The van der Waals surface area contributed by atoms with E-state index < -0.39 is 0 Å². The fourth-order valence-electron chi connectivity index (χ4n) is 4.19. The van der Waals surface area contributed by atoms with E-state index in [1.54, 1.807) is 37.8 Å². The summed E-state index contributed by atoms with van der Waals surface area (Å²) < 4.78 is 7.26. The second-order valence-electron chi connectivity index (χ2n) is 8.39. The molecular weight excluding hydrogens is 456 g/mol. The summed E-state index contributed by atoms with van der Waals surface area (Å²) in [7, 11) is 1.57. The molecule has 4 heterocycles. The lowest BCUT2D eigenvalue weighted by atomic mass is 10.0. The normalized spacial score (nSPS) is 13.9. The van der Waals surface area contributed by atoms with E-state index in [4.69, 9.17) is 9.72 Å². The maximum atomic E-state index is 12.2. The number of imidazole rings is 1. The first-order chi connectivity index (χ1) is 17.7. The first-order valence-electron chi connectivity index (χ1n) is 11.8. The molecule has 0 bridgehead atoms. The van der Waals surface area contributed by atoms with Crippen LogP contribution in [0.3, 0.4) is 0 Å². The fourth-order valence-corrected chi connectivity index (χ4v) is 4.19. The van der Waals surface area contributed by atoms with Crippen molar-refractivity contribution in [3.8, 4) is 28.6 Å². The van der Waals surface area contributed by atoms with Crippen molar-refractivity contribution >= 4 is 17.4 Å². The minimum Gasteiger partial charge on any atom is -0.379 e. The average Bonchev–Trinajstić information content (AvgIpc) is 3.32. The van der Waals surface area contributed by atoms with Gasteiger partial charge in [-0.3, -0.25) is 14.1 Å². The Kier molecular flexibility index (Phi) is 6.84. The van der Waals surface area contributed by atoms with Gasteiger partial charge in [0.15, 0.2) is 5.65 Å². The summed E-state index contributed by atoms with van der Waals surface area (Å²) in [6.07, 6.45) is 5.06. The molecule has 0 atom stereocenters. The quantitative estimate of drug-likeness (QED) is 0.412. The van der Waals surface area contributed by atoms with Crippen LogP contribution in [-0.4, -0.2) is 76.6 Å². The molecule has 0 unspecified atom stereocenters. The van der Waals surface area contributed by atoms with E-state index in [1.807, 2.05) is 28.7 Å². The van der Waals surface area contributed by atoms with Crippen molar-refractivity contribution in [2.45, 2.75) is 0 Å². The van der Waals surface area contributed by atoms with Crippen LogP contribution in [0.25, 0.3) is 28.2 Å². The molecule has 3 aromatic heterocycles. The maximum absolute atomic E-state index is 12.2. The number of rotatable bonds is 7. The number of carbonyl (C=O) groups is 1. The molecule has 5 rings (SSSR count). The number of pyridine rings is 1. The molecule has 182 valence electrons. The summed E-state index contributed by atoms with van der Waals surface area (Å²) in [6, 6.07) is 13.3. The van der Waals surface area contributed by atoms with E-state index in [0.717, 1.165) is 62.0 Å². The number of hydrogen-bond donors (Lipinski definition) is 2. The van der Waals surface area contributed by atoms with Crippen LogP contribution in [0.1, 0.15) is 16.1 Å². The number of benzene rings is 1. The van der Waals surface area contributed by atoms with Crippen LogP contribution in [-0.2, 0) is 4.74 Å². The molecule has 0 saturated carbocycles. The molecule has 10 heteroatoms. The Morgan fingerprint density at radius 2 is 1.86 bits per heavy atom. The highest BCUT2D eigenvalue weighted by Crippen LogP contribution is 2.33. The second-order valence-corrected chi connectivity index (χ2v) is 8.39. The summed E-state index contributed by atoms with van der Waals surface area (Å²) in [5, 5.41) is 15.2. The lowest BCUT2D eigenvalue weighted by molar-refractivity contribution is 0.0398. The molecule has 4 aromatic rings. The lowest BCUT2D eigenvalue weighted by Crippen LogP contribution is -2.39. The maximum Gasteiger partial charge on any atom is 0.271 e. The van der Waals surface area contributed by atoms with Gasteiger partial charge in [0.05, 0.1) is 42.4 Å². The summed E-state index contributed by atoms with van der Waals surface area (Å²) >= 11 is 0. The molecule has 1 saturated heterocycles. The van der Waals surface area contributed by atoms with Crippen molar-refractivity contribution in [1.82, 2.24) is 29.6 Å². The number of aromatic nitrogens is 4. The molecule has 10 nitrogen and oxygen atoms in total. The molecule has 1 amide bonds. The van der Waals surface area contributed by atoms with Gasteiger partial charge in [-0.15, -0.1) is 0 Å². The van der Waals surface area contributed by atoms with Gasteiger partial charge >= 0.3 is 0 Å². The van der Waals surface area contributed by atoms with Crippen molar-refractivity contribution in [2.75, 3.05) is 51.8 Å². The second kappa shape index (κ2) is 10.5. The number of amides is 1. The van der Waals surface area contributed by atoms with Crippen molar-refractivity contribution < 1.29 is 9.53 Å². The Balaban J connectivity index is 1.47. The predicted octanol–water partition coefficient (Wildman–Crippen LogP) is 2.43. The molecule has 36 heavy (non-hydrogen) atoms. The minimum absolute atomic E-state index is 0.282. The smallest absolute Gasteiger partial charge is 0.271 e. The van der Waals surface area contributed by atoms with Crippen molar-refractivity contribution in [2.24, 2.45) is 0 Å². The van der Waals surface area contributed by atoms with Gasteiger partial charge in [-0.2, -0.15) is 5.26 Å². The average molecular weight is 483 g/mol. The zero-order valence-electron chi connectivity index (χ0n) is 19.9. The van der Waals surface area contributed by atoms with Crippen LogP contribution in [0, 0.1) is 11.3 Å². The summed E-state index contributed by atoms with van der Waals surface area (Å²) in [5.74, 6) is 0.503.